The molecule has 5 nitrogen and oxygen atoms in total. The van der Waals surface area contributed by atoms with Gasteiger partial charge in [-0.2, -0.15) is 5.10 Å². The largest absolute Gasteiger partial charge is 0.320 e. The predicted molar refractivity (Wildman–Crippen MR) is 81.9 cm³/mol. The van der Waals surface area contributed by atoms with Crippen molar-refractivity contribution >= 4 is 24.1 Å². The van der Waals surface area contributed by atoms with Crippen molar-refractivity contribution in [2.75, 3.05) is 5.32 Å². The molecule has 0 bridgehead atoms. The van der Waals surface area contributed by atoms with E-state index in [-0.39, 0.29) is 18.3 Å². The molecule has 0 aliphatic carbocycles. The minimum absolute atomic E-state index is 0. The lowest BCUT2D eigenvalue weighted by atomic mass is 10.1. The zero-order valence-electron chi connectivity index (χ0n) is 11.3. The van der Waals surface area contributed by atoms with Gasteiger partial charge in [-0.05, 0) is 18.9 Å². The number of nitrogens with two attached hydrogens (primary N) is 1. The van der Waals surface area contributed by atoms with E-state index in [1.54, 1.807) is 23.9 Å². The summed E-state index contributed by atoms with van der Waals surface area (Å²) < 4.78 is 1.77. The predicted octanol–water partition coefficient (Wildman–Crippen LogP) is 1.83. The zero-order chi connectivity index (χ0) is 13.7. The summed E-state index contributed by atoms with van der Waals surface area (Å²) in [4.78, 5) is 11.6. The lowest BCUT2D eigenvalue weighted by Crippen LogP contribution is -2.33. The second-order valence-electron chi connectivity index (χ2n) is 4.45. The van der Waals surface area contributed by atoms with Crippen LogP contribution in [0, 0.1) is 0 Å². The van der Waals surface area contributed by atoms with Crippen molar-refractivity contribution < 1.29 is 4.79 Å². The van der Waals surface area contributed by atoms with Gasteiger partial charge in [0.2, 0.25) is 5.91 Å². The van der Waals surface area contributed by atoms with Crippen LogP contribution in [0.15, 0.2) is 42.6 Å². The second kappa shape index (κ2) is 7.67. The van der Waals surface area contributed by atoms with Crippen LogP contribution >= 0.6 is 12.4 Å². The number of aryl methyl sites for hydroxylation is 2. The third-order valence-corrected chi connectivity index (χ3v) is 2.84. The Morgan fingerprint density at radius 1 is 1.35 bits per heavy atom. The van der Waals surface area contributed by atoms with Crippen LogP contribution in [0.3, 0.4) is 0 Å². The van der Waals surface area contributed by atoms with Crippen LogP contribution in [0.25, 0.3) is 0 Å². The van der Waals surface area contributed by atoms with Gasteiger partial charge in [0.15, 0.2) is 0 Å². The summed E-state index contributed by atoms with van der Waals surface area (Å²) in [5.41, 5.74) is 6.76. The Hall–Kier alpha value is -1.85. The van der Waals surface area contributed by atoms with Crippen LogP contribution in [0.1, 0.15) is 12.5 Å². The molecule has 0 fully saturated rings. The molecule has 0 spiro atoms. The summed E-state index contributed by atoms with van der Waals surface area (Å²) in [6.45, 7) is 2.37. The first kappa shape index (κ1) is 16.2. The first-order valence-corrected chi connectivity index (χ1v) is 6.29. The van der Waals surface area contributed by atoms with Gasteiger partial charge in [0, 0.05) is 12.6 Å². The Morgan fingerprint density at radius 2 is 2.05 bits per heavy atom. The molecule has 0 radical (unpaired) electrons. The highest BCUT2D eigenvalue weighted by molar-refractivity contribution is 5.93. The maximum Gasteiger partial charge on any atom is 0.242 e. The average molecular weight is 295 g/mol. The number of anilines is 1. The quantitative estimate of drug-likeness (QED) is 0.883. The summed E-state index contributed by atoms with van der Waals surface area (Å²) in [5, 5.41) is 6.97. The molecule has 6 heteroatoms. The smallest absolute Gasteiger partial charge is 0.242 e. The average Bonchev–Trinajstić information content (AvgIpc) is 2.85. The van der Waals surface area contributed by atoms with E-state index < -0.39 is 6.04 Å². The van der Waals surface area contributed by atoms with Crippen molar-refractivity contribution in [1.29, 1.82) is 0 Å². The minimum Gasteiger partial charge on any atom is -0.320 e. The van der Waals surface area contributed by atoms with E-state index in [0.717, 1.165) is 6.42 Å². The Balaban J connectivity index is 0.00000200. The lowest BCUT2D eigenvalue weighted by molar-refractivity contribution is -0.117. The van der Waals surface area contributed by atoms with Crippen molar-refractivity contribution in [3.8, 4) is 0 Å². The molecule has 108 valence electrons. The molecule has 0 aliphatic heterocycles. The monoisotopic (exact) mass is 294 g/mol. The normalized spacial score (nSPS) is 11.5. The van der Waals surface area contributed by atoms with Gasteiger partial charge in [0.25, 0.3) is 0 Å². The maximum atomic E-state index is 11.6. The number of nitrogens with zero attached hydrogens (tertiary/aromatic N) is 2. The molecule has 1 amide bonds. The fourth-order valence-corrected chi connectivity index (χ4v) is 1.74. The van der Waals surface area contributed by atoms with Crippen LogP contribution in [0.2, 0.25) is 0 Å². The van der Waals surface area contributed by atoms with E-state index in [1.165, 1.54) is 5.56 Å². The highest BCUT2D eigenvalue weighted by atomic mass is 35.5. The number of rotatable bonds is 5. The maximum absolute atomic E-state index is 11.6. The van der Waals surface area contributed by atoms with Gasteiger partial charge in [0.05, 0.1) is 12.2 Å². The summed E-state index contributed by atoms with van der Waals surface area (Å²) >= 11 is 0. The SMILES string of the molecule is C[C@@H](N)C(=O)Nc1ccnn1CCc1ccccc1.Cl. The van der Waals surface area contributed by atoms with Crippen LogP contribution in [-0.4, -0.2) is 21.7 Å². The molecule has 2 rings (SSSR count). The molecular weight excluding hydrogens is 276 g/mol. The number of aromatic nitrogens is 2. The summed E-state index contributed by atoms with van der Waals surface area (Å²) in [7, 11) is 0. The van der Waals surface area contributed by atoms with Crippen LogP contribution in [0.5, 0.6) is 0 Å². The highest BCUT2D eigenvalue weighted by Gasteiger charge is 2.10. The third kappa shape index (κ3) is 4.36. The molecular formula is C14H19ClN4O. The number of hydrogen-bond donors (Lipinski definition) is 2. The van der Waals surface area contributed by atoms with Crippen molar-refractivity contribution in [2.45, 2.75) is 25.9 Å². The van der Waals surface area contributed by atoms with Gasteiger partial charge in [-0.15, -0.1) is 12.4 Å². The summed E-state index contributed by atoms with van der Waals surface area (Å²) in [6.07, 6.45) is 2.53. The molecule has 1 atom stereocenters. The molecule has 1 heterocycles. The Kier molecular flexibility index (Phi) is 6.21. The van der Waals surface area contributed by atoms with Crippen molar-refractivity contribution in [3.63, 3.8) is 0 Å². The number of amides is 1. The van der Waals surface area contributed by atoms with Gasteiger partial charge in [0.1, 0.15) is 5.82 Å². The molecule has 20 heavy (non-hydrogen) atoms. The van der Waals surface area contributed by atoms with Gasteiger partial charge >= 0.3 is 0 Å². The number of halogens is 1. The molecule has 0 aliphatic rings. The van der Waals surface area contributed by atoms with Crippen molar-refractivity contribution in [1.82, 2.24) is 9.78 Å². The van der Waals surface area contributed by atoms with Gasteiger partial charge in [-0.25, -0.2) is 4.68 Å². The first-order chi connectivity index (χ1) is 9.16. The van der Waals surface area contributed by atoms with Gasteiger partial charge in [-0.3, -0.25) is 4.79 Å². The van der Waals surface area contributed by atoms with E-state index in [2.05, 4.69) is 22.5 Å². The van der Waals surface area contributed by atoms with E-state index in [9.17, 15) is 4.79 Å². The molecule has 1 aromatic carbocycles. The fraction of sp³-hybridized carbons (Fsp3) is 0.286. The number of carbonyl (C=O) groups excluding carboxylic acids is 1. The number of benzene rings is 1. The Labute approximate surface area is 124 Å². The Morgan fingerprint density at radius 3 is 2.70 bits per heavy atom. The topological polar surface area (TPSA) is 72.9 Å². The standard InChI is InChI=1S/C14H18N4O.ClH/c1-11(15)14(19)17-13-7-9-16-18(13)10-8-12-5-3-2-4-6-12;/h2-7,9,11H,8,10,15H2,1H3,(H,17,19);1H/t11-;/m1./s1. The van der Waals surface area contributed by atoms with E-state index >= 15 is 0 Å². The third-order valence-electron chi connectivity index (χ3n) is 2.84. The van der Waals surface area contributed by atoms with Crippen molar-refractivity contribution in [3.05, 3.63) is 48.2 Å². The molecule has 0 saturated carbocycles. The number of carbonyl (C=O) groups is 1. The van der Waals surface area contributed by atoms with Gasteiger partial charge in [-0.1, -0.05) is 30.3 Å². The van der Waals surface area contributed by atoms with Crippen molar-refractivity contribution in [2.24, 2.45) is 5.73 Å². The summed E-state index contributed by atoms with van der Waals surface area (Å²) in [6, 6.07) is 11.4. The number of nitrogens with one attached hydrogen (secondary N) is 1. The zero-order valence-corrected chi connectivity index (χ0v) is 12.1. The van der Waals surface area contributed by atoms with E-state index in [0.29, 0.717) is 12.4 Å². The van der Waals surface area contributed by atoms with Crippen LogP contribution in [-0.2, 0) is 17.8 Å². The lowest BCUT2D eigenvalue weighted by Gasteiger charge is -2.10. The van der Waals surface area contributed by atoms with Crippen LogP contribution < -0.4 is 11.1 Å². The van der Waals surface area contributed by atoms with E-state index in [4.69, 9.17) is 5.73 Å². The molecule has 1 aromatic heterocycles. The molecule has 2 aromatic rings. The van der Waals surface area contributed by atoms with E-state index in [1.807, 2.05) is 18.2 Å². The highest BCUT2D eigenvalue weighted by Crippen LogP contribution is 2.09. The Bertz CT molecular complexity index is 539. The number of hydrogen-bond acceptors (Lipinski definition) is 3. The molecule has 3 N–H and O–H groups in total. The second-order valence-corrected chi connectivity index (χ2v) is 4.45. The molecule has 0 saturated heterocycles. The summed E-state index contributed by atoms with van der Waals surface area (Å²) in [5.74, 6) is 0.472. The van der Waals surface area contributed by atoms with Gasteiger partial charge < -0.3 is 11.1 Å². The fourth-order valence-electron chi connectivity index (χ4n) is 1.74. The van der Waals surface area contributed by atoms with Crippen LogP contribution in [0.4, 0.5) is 5.82 Å². The molecule has 0 unspecified atom stereocenters. The minimum atomic E-state index is -0.530. The first-order valence-electron chi connectivity index (χ1n) is 6.29.